The van der Waals surface area contributed by atoms with Gasteiger partial charge in [0.1, 0.15) is 11.4 Å². The lowest BCUT2D eigenvalue weighted by Crippen LogP contribution is -2.41. The van der Waals surface area contributed by atoms with Crippen LogP contribution in [0, 0.1) is 0 Å². The van der Waals surface area contributed by atoms with E-state index in [1.165, 1.54) is 0 Å². The molecule has 1 amide bonds. The zero-order valence-corrected chi connectivity index (χ0v) is 14.3. The minimum absolute atomic E-state index is 0.0623. The van der Waals surface area contributed by atoms with Gasteiger partial charge in [0.15, 0.2) is 0 Å². The molecule has 2 heterocycles. The Balaban J connectivity index is 2.17. The molecule has 22 heavy (non-hydrogen) atoms. The Hall–Kier alpha value is -1.78. The monoisotopic (exact) mass is 305 g/mol. The lowest BCUT2D eigenvalue weighted by Gasteiger charge is -2.37. The number of amides is 1. The number of nitrogens with zero attached hydrogens (tertiary/aromatic N) is 3. The molecule has 0 N–H and O–H groups in total. The summed E-state index contributed by atoms with van der Waals surface area (Å²) >= 11 is 0. The first-order valence-corrected chi connectivity index (χ1v) is 7.91. The minimum atomic E-state index is -0.466. The average Bonchev–Trinajstić information content (AvgIpc) is 2.45. The summed E-state index contributed by atoms with van der Waals surface area (Å²) in [5.41, 5.74) is 0.614. The van der Waals surface area contributed by atoms with Gasteiger partial charge < -0.3 is 14.5 Å². The fraction of sp³-hybridized carbons (Fsp3) is 0.647. The molecule has 1 aromatic heterocycles. The Kier molecular flexibility index (Phi) is 4.94. The summed E-state index contributed by atoms with van der Waals surface area (Å²) in [6.45, 7) is 6.45. The summed E-state index contributed by atoms with van der Waals surface area (Å²) in [5, 5.41) is 0. The van der Waals surface area contributed by atoms with Crippen molar-refractivity contribution in [3.05, 3.63) is 23.9 Å². The number of hydrogen-bond donors (Lipinski definition) is 0. The van der Waals surface area contributed by atoms with Gasteiger partial charge in [-0.25, -0.2) is 9.78 Å². The zero-order chi connectivity index (χ0) is 16.3. The second kappa shape index (κ2) is 6.55. The van der Waals surface area contributed by atoms with Gasteiger partial charge in [0.05, 0.1) is 6.04 Å². The lowest BCUT2D eigenvalue weighted by molar-refractivity contribution is 0.00948. The number of ether oxygens (including phenoxy) is 1. The molecule has 0 radical (unpaired) electrons. The van der Waals surface area contributed by atoms with Gasteiger partial charge >= 0.3 is 6.09 Å². The number of anilines is 1. The van der Waals surface area contributed by atoms with E-state index >= 15 is 0 Å². The van der Waals surface area contributed by atoms with Crippen LogP contribution in [0.3, 0.4) is 0 Å². The highest BCUT2D eigenvalue weighted by Gasteiger charge is 2.31. The van der Waals surface area contributed by atoms with Crippen molar-refractivity contribution in [1.82, 2.24) is 9.88 Å². The molecule has 2 rings (SSSR count). The molecule has 1 fully saturated rings. The van der Waals surface area contributed by atoms with Crippen LogP contribution in [0.15, 0.2) is 18.3 Å². The van der Waals surface area contributed by atoms with Crippen molar-refractivity contribution in [2.45, 2.75) is 51.7 Å². The molecule has 1 aromatic rings. The van der Waals surface area contributed by atoms with E-state index in [-0.39, 0.29) is 12.1 Å². The third kappa shape index (κ3) is 4.12. The van der Waals surface area contributed by atoms with E-state index in [0.29, 0.717) is 0 Å². The minimum Gasteiger partial charge on any atom is -0.444 e. The Morgan fingerprint density at radius 2 is 2.05 bits per heavy atom. The number of likely N-dealkylation sites (tertiary alicyclic amines) is 1. The molecule has 1 saturated heterocycles. The molecule has 0 saturated carbocycles. The van der Waals surface area contributed by atoms with Crippen molar-refractivity contribution in [3.8, 4) is 0 Å². The van der Waals surface area contributed by atoms with Crippen molar-refractivity contribution in [2.75, 3.05) is 25.5 Å². The molecule has 0 aliphatic carbocycles. The van der Waals surface area contributed by atoms with Crippen LogP contribution in [0.25, 0.3) is 0 Å². The maximum absolute atomic E-state index is 12.4. The molecule has 1 aliphatic rings. The van der Waals surface area contributed by atoms with Gasteiger partial charge in [-0.15, -0.1) is 0 Å². The van der Waals surface area contributed by atoms with Crippen LogP contribution in [0.4, 0.5) is 10.6 Å². The lowest BCUT2D eigenvalue weighted by atomic mass is 9.97. The number of aromatic nitrogens is 1. The Labute approximate surface area is 133 Å². The van der Waals surface area contributed by atoms with E-state index in [4.69, 9.17) is 4.74 Å². The smallest absolute Gasteiger partial charge is 0.410 e. The molecule has 0 spiro atoms. The fourth-order valence-corrected chi connectivity index (χ4v) is 2.68. The van der Waals surface area contributed by atoms with Crippen molar-refractivity contribution >= 4 is 11.9 Å². The SMILES string of the molecule is CN(C)c1ccc([C@H]2CCCCN2C(=O)OC(C)(C)C)cn1. The van der Waals surface area contributed by atoms with Gasteiger partial charge in [-0.05, 0) is 51.7 Å². The van der Waals surface area contributed by atoms with Gasteiger partial charge in [0.25, 0.3) is 0 Å². The number of pyridine rings is 1. The first-order chi connectivity index (χ1) is 10.3. The Bertz CT molecular complexity index is 506. The maximum Gasteiger partial charge on any atom is 0.410 e. The van der Waals surface area contributed by atoms with Crippen molar-refractivity contribution in [3.63, 3.8) is 0 Å². The highest BCUT2D eigenvalue weighted by Crippen LogP contribution is 2.32. The summed E-state index contributed by atoms with van der Waals surface area (Å²) < 4.78 is 5.55. The van der Waals surface area contributed by atoms with Gasteiger partial charge in [-0.3, -0.25) is 0 Å². The quantitative estimate of drug-likeness (QED) is 0.837. The first-order valence-electron chi connectivity index (χ1n) is 7.91. The summed E-state index contributed by atoms with van der Waals surface area (Å²) in [6.07, 6.45) is 4.76. The van der Waals surface area contributed by atoms with E-state index in [1.54, 1.807) is 0 Å². The van der Waals surface area contributed by atoms with Crippen LogP contribution in [0.2, 0.25) is 0 Å². The van der Waals surface area contributed by atoms with Crippen molar-refractivity contribution < 1.29 is 9.53 Å². The molecule has 0 unspecified atom stereocenters. The predicted molar refractivity (Wildman–Crippen MR) is 88.1 cm³/mol. The molecule has 0 aromatic carbocycles. The van der Waals surface area contributed by atoms with Gasteiger partial charge in [0, 0.05) is 26.8 Å². The standard InChI is InChI=1S/C17H27N3O2/c1-17(2,3)22-16(21)20-11-7-6-8-14(20)13-9-10-15(18-12-13)19(4)5/h9-10,12,14H,6-8,11H2,1-5H3/t14-/m1/s1. The maximum atomic E-state index is 12.4. The number of carbonyl (C=O) groups is 1. The van der Waals surface area contributed by atoms with E-state index in [1.807, 2.05) is 56.9 Å². The normalized spacial score (nSPS) is 19.0. The average molecular weight is 305 g/mol. The summed E-state index contributed by atoms with van der Waals surface area (Å²) in [4.78, 5) is 20.7. The number of rotatable bonds is 2. The van der Waals surface area contributed by atoms with Crippen LogP contribution in [0.5, 0.6) is 0 Å². The number of piperidine rings is 1. The molecule has 1 atom stereocenters. The van der Waals surface area contributed by atoms with Gasteiger partial charge in [-0.1, -0.05) is 6.07 Å². The van der Waals surface area contributed by atoms with Crippen molar-refractivity contribution in [1.29, 1.82) is 0 Å². The summed E-state index contributed by atoms with van der Waals surface area (Å²) in [5.74, 6) is 0.920. The van der Waals surface area contributed by atoms with Crippen LogP contribution < -0.4 is 4.90 Å². The first kappa shape index (κ1) is 16.6. The summed E-state index contributed by atoms with van der Waals surface area (Å²) in [7, 11) is 3.94. The molecule has 5 heteroatoms. The molecular weight excluding hydrogens is 278 g/mol. The topological polar surface area (TPSA) is 45.7 Å². The van der Waals surface area contributed by atoms with E-state index < -0.39 is 5.60 Å². The van der Waals surface area contributed by atoms with Crippen LogP contribution in [-0.2, 0) is 4.74 Å². The number of hydrogen-bond acceptors (Lipinski definition) is 4. The molecule has 1 aliphatic heterocycles. The predicted octanol–water partition coefficient (Wildman–Crippen LogP) is 3.61. The second-order valence-electron chi connectivity index (χ2n) is 7.03. The van der Waals surface area contributed by atoms with Crippen LogP contribution in [-0.4, -0.2) is 42.2 Å². The van der Waals surface area contributed by atoms with Crippen molar-refractivity contribution in [2.24, 2.45) is 0 Å². The van der Waals surface area contributed by atoms with E-state index in [0.717, 1.165) is 37.2 Å². The largest absolute Gasteiger partial charge is 0.444 e. The summed E-state index contributed by atoms with van der Waals surface area (Å²) in [6, 6.07) is 4.12. The highest BCUT2D eigenvalue weighted by atomic mass is 16.6. The molecule has 5 nitrogen and oxygen atoms in total. The Morgan fingerprint density at radius 1 is 1.32 bits per heavy atom. The third-order valence-electron chi connectivity index (χ3n) is 3.74. The number of carbonyl (C=O) groups excluding carboxylic acids is 1. The Morgan fingerprint density at radius 3 is 2.59 bits per heavy atom. The fourth-order valence-electron chi connectivity index (χ4n) is 2.68. The van der Waals surface area contributed by atoms with E-state index in [2.05, 4.69) is 11.1 Å². The van der Waals surface area contributed by atoms with Crippen LogP contribution in [0.1, 0.15) is 51.6 Å². The molecule has 0 bridgehead atoms. The highest BCUT2D eigenvalue weighted by molar-refractivity contribution is 5.69. The van der Waals surface area contributed by atoms with Gasteiger partial charge in [-0.2, -0.15) is 0 Å². The van der Waals surface area contributed by atoms with Gasteiger partial charge in [0.2, 0.25) is 0 Å². The molecule has 122 valence electrons. The third-order valence-corrected chi connectivity index (χ3v) is 3.74. The zero-order valence-electron chi connectivity index (χ0n) is 14.3. The van der Waals surface area contributed by atoms with Crippen LogP contribution >= 0.6 is 0 Å². The molecular formula is C17H27N3O2. The second-order valence-corrected chi connectivity index (χ2v) is 7.03. The van der Waals surface area contributed by atoms with E-state index in [9.17, 15) is 4.79 Å².